The van der Waals surface area contributed by atoms with Gasteiger partial charge in [0.1, 0.15) is 16.5 Å². The number of aryl methyl sites for hydroxylation is 1. The van der Waals surface area contributed by atoms with E-state index in [1.165, 1.54) is 34.7 Å². The minimum absolute atomic E-state index is 0.0214. The molecule has 0 saturated heterocycles. The molecule has 2 aromatic carbocycles. The summed E-state index contributed by atoms with van der Waals surface area (Å²) in [4.78, 5) is 21.3. The Bertz CT molecular complexity index is 1510. The third-order valence-electron chi connectivity index (χ3n) is 5.86. The maximum Gasteiger partial charge on any atom is 0.270 e. The Morgan fingerprint density at radius 3 is 2.61 bits per heavy atom. The molecule has 10 heteroatoms. The summed E-state index contributed by atoms with van der Waals surface area (Å²) in [6.45, 7) is 2.00. The van der Waals surface area contributed by atoms with Crippen molar-refractivity contribution in [2.75, 3.05) is 0 Å². The summed E-state index contributed by atoms with van der Waals surface area (Å²) in [7, 11) is 0. The van der Waals surface area contributed by atoms with Crippen LogP contribution in [0.4, 0.5) is 4.39 Å². The number of hydrogen-bond donors (Lipinski definition) is 1. The van der Waals surface area contributed by atoms with Crippen LogP contribution in [-0.4, -0.2) is 36.7 Å². The molecular weight excluding hydrogens is 519 g/mol. The van der Waals surface area contributed by atoms with E-state index in [4.69, 9.17) is 0 Å². The van der Waals surface area contributed by atoms with Crippen LogP contribution >= 0.6 is 23.1 Å². The highest BCUT2D eigenvalue weighted by atomic mass is 32.2. The number of hydrogen-bond acceptors (Lipinski definition) is 7. The van der Waals surface area contributed by atoms with Gasteiger partial charge < -0.3 is 5.32 Å². The zero-order valence-electron chi connectivity index (χ0n) is 20.6. The first-order chi connectivity index (χ1) is 18.6. The van der Waals surface area contributed by atoms with Crippen LogP contribution in [0.25, 0.3) is 17.1 Å². The molecule has 0 aliphatic rings. The molecular formula is C28H25FN6OS2. The molecule has 0 radical (unpaired) electrons. The molecule has 3 heterocycles. The van der Waals surface area contributed by atoms with Crippen LogP contribution in [0.3, 0.4) is 0 Å². The van der Waals surface area contributed by atoms with Gasteiger partial charge in [0.2, 0.25) is 0 Å². The first-order valence-electron chi connectivity index (χ1n) is 12.1. The Kier molecular flexibility index (Phi) is 8.20. The number of pyridine rings is 1. The third kappa shape index (κ3) is 6.15. The number of carbonyl (C=O) groups is 1. The van der Waals surface area contributed by atoms with Gasteiger partial charge in [-0.3, -0.25) is 14.3 Å². The van der Waals surface area contributed by atoms with Crippen LogP contribution in [0.1, 0.15) is 34.4 Å². The zero-order chi connectivity index (χ0) is 26.3. The average molecular weight is 545 g/mol. The number of thiazole rings is 1. The van der Waals surface area contributed by atoms with E-state index in [1.54, 1.807) is 40.5 Å². The third-order valence-corrected chi connectivity index (χ3v) is 7.83. The van der Waals surface area contributed by atoms with Crippen molar-refractivity contribution in [2.45, 2.75) is 36.7 Å². The summed E-state index contributed by atoms with van der Waals surface area (Å²) in [5, 5.41) is 14.8. The predicted molar refractivity (Wildman–Crippen MR) is 148 cm³/mol. The lowest BCUT2D eigenvalue weighted by molar-refractivity contribution is 0.0934. The quantitative estimate of drug-likeness (QED) is 0.218. The number of nitrogens with zero attached hydrogens (tertiary/aromatic N) is 5. The van der Waals surface area contributed by atoms with Gasteiger partial charge in [-0.25, -0.2) is 9.37 Å². The molecule has 1 unspecified atom stereocenters. The lowest BCUT2D eigenvalue weighted by atomic mass is 10.1. The van der Waals surface area contributed by atoms with Crippen molar-refractivity contribution in [3.63, 3.8) is 0 Å². The Morgan fingerprint density at radius 2 is 1.82 bits per heavy atom. The standard InChI is InChI=1S/C28H25FN6OS2/c1-19(11-12-20-7-3-2-4-8-20)31-27(36)23-17-37-25(32-23)18-38-28-34-33-26(21-13-15-30-16-14-21)35(28)24-10-6-5-9-22(24)29/h2-10,13-17,19H,11-12,18H2,1H3,(H,31,36). The summed E-state index contributed by atoms with van der Waals surface area (Å²) >= 11 is 2.80. The van der Waals surface area contributed by atoms with Gasteiger partial charge in [0.15, 0.2) is 11.0 Å². The molecule has 192 valence electrons. The second-order valence-electron chi connectivity index (χ2n) is 8.64. The highest BCUT2D eigenvalue weighted by Gasteiger charge is 2.20. The second-order valence-corrected chi connectivity index (χ2v) is 10.5. The molecule has 0 spiro atoms. The molecule has 0 aliphatic carbocycles. The zero-order valence-corrected chi connectivity index (χ0v) is 22.3. The highest BCUT2D eigenvalue weighted by Crippen LogP contribution is 2.31. The normalized spacial score (nSPS) is 11.8. The van der Waals surface area contributed by atoms with Crippen LogP contribution in [0.5, 0.6) is 0 Å². The monoisotopic (exact) mass is 544 g/mol. The minimum atomic E-state index is -0.376. The molecule has 3 aromatic heterocycles. The van der Waals surface area contributed by atoms with Crippen LogP contribution < -0.4 is 5.32 Å². The van der Waals surface area contributed by atoms with Gasteiger partial charge in [0.05, 0.1) is 11.4 Å². The molecule has 1 atom stereocenters. The van der Waals surface area contributed by atoms with Crippen LogP contribution in [0, 0.1) is 5.82 Å². The number of halogens is 1. The predicted octanol–water partition coefficient (Wildman–Crippen LogP) is 5.97. The van der Waals surface area contributed by atoms with Gasteiger partial charge in [-0.1, -0.05) is 54.2 Å². The number of aromatic nitrogens is 5. The molecule has 38 heavy (non-hydrogen) atoms. The van der Waals surface area contributed by atoms with E-state index >= 15 is 0 Å². The van der Waals surface area contributed by atoms with Gasteiger partial charge in [-0.2, -0.15) is 0 Å². The van der Waals surface area contributed by atoms with Gasteiger partial charge in [-0.05, 0) is 49.6 Å². The fourth-order valence-corrected chi connectivity index (χ4v) is 5.64. The molecule has 0 fully saturated rings. The Hall–Kier alpha value is -3.89. The molecule has 0 bridgehead atoms. The smallest absolute Gasteiger partial charge is 0.270 e. The molecule has 0 saturated carbocycles. The Balaban J connectivity index is 1.26. The molecule has 7 nitrogen and oxygen atoms in total. The number of nitrogens with one attached hydrogen (secondary N) is 1. The van der Waals surface area contributed by atoms with E-state index in [9.17, 15) is 9.18 Å². The summed E-state index contributed by atoms with van der Waals surface area (Å²) in [5.41, 5.74) is 2.77. The van der Waals surface area contributed by atoms with Crippen molar-refractivity contribution >= 4 is 29.0 Å². The van der Waals surface area contributed by atoms with Crippen LogP contribution in [-0.2, 0) is 12.2 Å². The number of rotatable bonds is 10. The average Bonchev–Trinajstić information content (AvgIpc) is 3.60. The largest absolute Gasteiger partial charge is 0.348 e. The summed E-state index contributed by atoms with van der Waals surface area (Å²) < 4.78 is 16.5. The molecule has 1 amide bonds. The molecule has 1 N–H and O–H groups in total. The first kappa shape index (κ1) is 25.7. The summed E-state index contributed by atoms with van der Waals surface area (Å²) in [6.07, 6.45) is 5.06. The maximum absolute atomic E-state index is 14.8. The van der Waals surface area contributed by atoms with Crippen molar-refractivity contribution in [3.05, 3.63) is 107 Å². The van der Waals surface area contributed by atoms with E-state index in [0.717, 1.165) is 23.4 Å². The first-order valence-corrected chi connectivity index (χ1v) is 14.0. The minimum Gasteiger partial charge on any atom is -0.348 e. The lowest BCUT2D eigenvalue weighted by Gasteiger charge is -2.13. The van der Waals surface area contributed by atoms with Gasteiger partial charge in [-0.15, -0.1) is 21.5 Å². The van der Waals surface area contributed by atoms with E-state index in [1.807, 2.05) is 37.3 Å². The number of para-hydroxylation sites is 1. The summed E-state index contributed by atoms with van der Waals surface area (Å²) in [6, 6.07) is 20.4. The van der Waals surface area contributed by atoms with E-state index in [-0.39, 0.29) is 17.8 Å². The number of carbonyl (C=O) groups excluding carboxylic acids is 1. The highest BCUT2D eigenvalue weighted by molar-refractivity contribution is 7.98. The van der Waals surface area contributed by atoms with E-state index in [0.29, 0.717) is 28.1 Å². The number of benzene rings is 2. The number of thioether (sulfide) groups is 1. The molecule has 5 aromatic rings. The molecule has 0 aliphatic heterocycles. The Morgan fingerprint density at radius 1 is 1.05 bits per heavy atom. The van der Waals surface area contributed by atoms with Crippen molar-refractivity contribution in [1.82, 2.24) is 30.0 Å². The van der Waals surface area contributed by atoms with Crippen molar-refractivity contribution < 1.29 is 9.18 Å². The van der Waals surface area contributed by atoms with E-state index < -0.39 is 0 Å². The fraction of sp³-hybridized carbons (Fsp3) is 0.179. The van der Waals surface area contributed by atoms with Gasteiger partial charge in [0, 0.05) is 29.4 Å². The van der Waals surface area contributed by atoms with Crippen molar-refractivity contribution in [3.8, 4) is 17.1 Å². The van der Waals surface area contributed by atoms with Crippen LogP contribution in [0.2, 0.25) is 0 Å². The van der Waals surface area contributed by atoms with E-state index in [2.05, 4.69) is 37.6 Å². The summed E-state index contributed by atoms with van der Waals surface area (Å²) in [5.74, 6) is 0.417. The number of amides is 1. The van der Waals surface area contributed by atoms with Gasteiger partial charge in [0.25, 0.3) is 5.91 Å². The fourth-order valence-electron chi connectivity index (χ4n) is 3.91. The SMILES string of the molecule is CC(CCc1ccccc1)NC(=O)c1csc(CSc2nnc(-c3ccncc3)n2-c2ccccc2F)n1. The topological polar surface area (TPSA) is 85.6 Å². The van der Waals surface area contributed by atoms with Crippen LogP contribution in [0.15, 0.2) is 89.7 Å². The van der Waals surface area contributed by atoms with Gasteiger partial charge >= 0.3 is 0 Å². The maximum atomic E-state index is 14.8. The van der Waals surface area contributed by atoms with Crippen molar-refractivity contribution in [2.24, 2.45) is 0 Å². The Labute approximate surface area is 228 Å². The molecule has 5 rings (SSSR count). The second kappa shape index (κ2) is 12.1. The lowest BCUT2D eigenvalue weighted by Crippen LogP contribution is -2.33. The van der Waals surface area contributed by atoms with Crippen molar-refractivity contribution in [1.29, 1.82) is 0 Å².